The Hall–Kier alpha value is -3.86. The third kappa shape index (κ3) is 3.01. The van der Waals surface area contributed by atoms with Crippen LogP contribution >= 0.6 is 0 Å². The highest BCUT2D eigenvalue weighted by Crippen LogP contribution is 2.44. The molecule has 3 aromatic rings. The molecule has 2 aromatic heterocycles. The van der Waals surface area contributed by atoms with E-state index in [-0.39, 0.29) is 24.0 Å². The molecule has 162 valence electrons. The Bertz CT molecular complexity index is 1280. The number of nitriles is 1. The second-order valence-corrected chi connectivity index (χ2v) is 8.77. The van der Waals surface area contributed by atoms with E-state index in [1.165, 1.54) is 0 Å². The van der Waals surface area contributed by atoms with Gasteiger partial charge in [-0.3, -0.25) is 9.69 Å². The Labute approximate surface area is 186 Å². The van der Waals surface area contributed by atoms with Gasteiger partial charge in [-0.15, -0.1) is 0 Å². The van der Waals surface area contributed by atoms with Gasteiger partial charge in [0, 0.05) is 24.0 Å². The summed E-state index contributed by atoms with van der Waals surface area (Å²) < 4.78 is 0. The van der Waals surface area contributed by atoms with E-state index < -0.39 is 0 Å². The normalized spacial score (nSPS) is 16.5. The lowest BCUT2D eigenvalue weighted by Gasteiger charge is -2.32. The third-order valence-corrected chi connectivity index (χ3v) is 6.54. The van der Waals surface area contributed by atoms with E-state index >= 15 is 0 Å². The van der Waals surface area contributed by atoms with Crippen molar-refractivity contribution in [2.45, 2.75) is 33.1 Å². The summed E-state index contributed by atoms with van der Waals surface area (Å²) in [6.07, 6.45) is 2.18. The number of pyridine rings is 2. The van der Waals surface area contributed by atoms with Crippen LogP contribution in [0.25, 0.3) is 10.8 Å². The molecule has 0 unspecified atom stereocenters. The summed E-state index contributed by atoms with van der Waals surface area (Å²) in [7, 11) is 0. The number of amides is 1. The van der Waals surface area contributed by atoms with Gasteiger partial charge in [0.25, 0.3) is 0 Å². The SMILES string of the molecule is Cc1ccc(N2C(=O)Cc3c2nc(N)c2c(N)nc(N4CCC(C)CC4)c(C#N)c32)cc1. The topological polar surface area (TPSA) is 125 Å². The van der Waals surface area contributed by atoms with Crippen LogP contribution in [0.4, 0.5) is 29.0 Å². The average molecular weight is 428 g/mol. The molecule has 1 saturated heterocycles. The molecule has 0 atom stereocenters. The molecule has 0 spiro atoms. The number of piperidine rings is 1. The number of hydrogen-bond acceptors (Lipinski definition) is 7. The van der Waals surface area contributed by atoms with Crippen molar-refractivity contribution in [1.82, 2.24) is 9.97 Å². The fourth-order valence-electron chi connectivity index (χ4n) is 4.72. The molecule has 1 amide bonds. The number of rotatable bonds is 2. The zero-order valence-electron chi connectivity index (χ0n) is 18.2. The van der Waals surface area contributed by atoms with Crippen LogP contribution in [0.3, 0.4) is 0 Å². The van der Waals surface area contributed by atoms with Gasteiger partial charge in [0.05, 0.1) is 17.5 Å². The van der Waals surface area contributed by atoms with Gasteiger partial charge in [-0.25, -0.2) is 9.97 Å². The molecule has 0 saturated carbocycles. The first-order chi connectivity index (χ1) is 15.4. The van der Waals surface area contributed by atoms with E-state index in [1.807, 2.05) is 31.2 Å². The summed E-state index contributed by atoms with van der Waals surface area (Å²) >= 11 is 0. The number of aryl methyl sites for hydroxylation is 1. The van der Waals surface area contributed by atoms with Gasteiger partial charge in [0.15, 0.2) is 0 Å². The molecule has 32 heavy (non-hydrogen) atoms. The fourth-order valence-corrected chi connectivity index (χ4v) is 4.72. The first-order valence-electron chi connectivity index (χ1n) is 10.8. The molecule has 0 bridgehead atoms. The van der Waals surface area contributed by atoms with Gasteiger partial charge in [0.2, 0.25) is 5.91 Å². The van der Waals surface area contributed by atoms with Crippen molar-refractivity contribution in [3.63, 3.8) is 0 Å². The number of nitrogens with zero attached hydrogens (tertiary/aromatic N) is 5. The van der Waals surface area contributed by atoms with Crippen LogP contribution in [0.2, 0.25) is 0 Å². The molecule has 4 heterocycles. The smallest absolute Gasteiger partial charge is 0.237 e. The van der Waals surface area contributed by atoms with Crippen molar-refractivity contribution in [3.8, 4) is 6.07 Å². The maximum absolute atomic E-state index is 13.1. The highest BCUT2D eigenvalue weighted by Gasteiger charge is 2.35. The first kappa shape index (κ1) is 20.1. The Kier molecular flexibility index (Phi) is 4.63. The molecule has 0 radical (unpaired) electrons. The summed E-state index contributed by atoms with van der Waals surface area (Å²) in [6, 6.07) is 10.0. The largest absolute Gasteiger partial charge is 0.383 e. The summed E-state index contributed by atoms with van der Waals surface area (Å²) in [5.74, 6) is 1.96. The molecule has 0 aliphatic carbocycles. The van der Waals surface area contributed by atoms with Crippen molar-refractivity contribution in [2.24, 2.45) is 5.92 Å². The van der Waals surface area contributed by atoms with Crippen LogP contribution in [0, 0.1) is 24.2 Å². The first-order valence-corrected chi connectivity index (χ1v) is 10.8. The maximum Gasteiger partial charge on any atom is 0.237 e. The van der Waals surface area contributed by atoms with Crippen molar-refractivity contribution in [2.75, 3.05) is 34.4 Å². The Morgan fingerprint density at radius 2 is 1.66 bits per heavy atom. The lowest BCUT2D eigenvalue weighted by molar-refractivity contribution is -0.116. The van der Waals surface area contributed by atoms with Gasteiger partial charge in [-0.2, -0.15) is 5.26 Å². The van der Waals surface area contributed by atoms with Gasteiger partial charge < -0.3 is 16.4 Å². The quantitative estimate of drug-likeness (QED) is 0.642. The molecule has 1 aromatic carbocycles. The van der Waals surface area contributed by atoms with Crippen molar-refractivity contribution >= 4 is 45.6 Å². The zero-order valence-corrected chi connectivity index (χ0v) is 18.2. The number of nitrogens with two attached hydrogens (primary N) is 2. The second kappa shape index (κ2) is 7.38. The molecule has 8 nitrogen and oxygen atoms in total. The van der Waals surface area contributed by atoms with Crippen LogP contribution < -0.4 is 21.3 Å². The number of benzene rings is 1. The molecule has 8 heteroatoms. The number of carbonyl (C=O) groups excluding carboxylic acids is 1. The summed E-state index contributed by atoms with van der Waals surface area (Å²) in [4.78, 5) is 25.9. The van der Waals surface area contributed by atoms with Gasteiger partial charge in [-0.1, -0.05) is 24.6 Å². The predicted molar refractivity (Wildman–Crippen MR) is 126 cm³/mol. The number of hydrogen-bond donors (Lipinski definition) is 2. The zero-order chi connectivity index (χ0) is 22.6. The van der Waals surface area contributed by atoms with E-state index in [0.717, 1.165) is 37.2 Å². The van der Waals surface area contributed by atoms with Crippen molar-refractivity contribution in [1.29, 1.82) is 5.26 Å². The monoisotopic (exact) mass is 427 g/mol. The molecular weight excluding hydrogens is 402 g/mol. The minimum atomic E-state index is -0.115. The number of aromatic nitrogens is 2. The highest BCUT2D eigenvalue weighted by molar-refractivity contribution is 6.15. The highest BCUT2D eigenvalue weighted by atomic mass is 16.2. The molecule has 2 aliphatic heterocycles. The lowest BCUT2D eigenvalue weighted by atomic mass is 9.97. The second-order valence-electron chi connectivity index (χ2n) is 8.77. The van der Waals surface area contributed by atoms with Crippen LogP contribution in [-0.4, -0.2) is 29.0 Å². The Morgan fingerprint density at radius 3 is 2.28 bits per heavy atom. The summed E-state index contributed by atoms with van der Waals surface area (Å²) in [5.41, 5.74) is 15.6. The number of carbonyl (C=O) groups is 1. The molecule has 2 aliphatic rings. The predicted octanol–water partition coefficient (Wildman–Crippen LogP) is 3.43. The molecule has 1 fully saturated rings. The van der Waals surface area contributed by atoms with Crippen LogP contribution in [-0.2, 0) is 11.2 Å². The van der Waals surface area contributed by atoms with Gasteiger partial charge in [0.1, 0.15) is 34.9 Å². The molecular formula is C24H25N7O. The van der Waals surface area contributed by atoms with E-state index in [0.29, 0.717) is 39.5 Å². The van der Waals surface area contributed by atoms with E-state index in [2.05, 4.69) is 27.9 Å². The number of fused-ring (bicyclic) bond motifs is 3. The van der Waals surface area contributed by atoms with Crippen molar-refractivity contribution in [3.05, 3.63) is 41.0 Å². The summed E-state index contributed by atoms with van der Waals surface area (Å²) in [6.45, 7) is 5.84. The Balaban J connectivity index is 1.75. The van der Waals surface area contributed by atoms with Crippen LogP contribution in [0.15, 0.2) is 24.3 Å². The third-order valence-electron chi connectivity index (χ3n) is 6.54. The number of anilines is 5. The van der Waals surface area contributed by atoms with Crippen LogP contribution in [0.1, 0.15) is 36.5 Å². The van der Waals surface area contributed by atoms with E-state index in [9.17, 15) is 10.1 Å². The van der Waals surface area contributed by atoms with Gasteiger partial charge in [-0.05, 0) is 37.8 Å². The minimum absolute atomic E-state index is 0.115. The minimum Gasteiger partial charge on any atom is -0.383 e. The number of nitrogen functional groups attached to an aromatic ring is 2. The summed E-state index contributed by atoms with van der Waals surface area (Å²) in [5, 5.41) is 11.2. The fraction of sp³-hybridized carbons (Fsp3) is 0.333. The van der Waals surface area contributed by atoms with Gasteiger partial charge >= 0.3 is 0 Å². The van der Waals surface area contributed by atoms with E-state index in [1.54, 1.807) is 4.90 Å². The molecule has 4 N–H and O–H groups in total. The molecule has 5 rings (SSSR count). The maximum atomic E-state index is 13.1. The van der Waals surface area contributed by atoms with Crippen LogP contribution in [0.5, 0.6) is 0 Å². The standard InChI is InChI=1S/C24H25N7O/c1-13-3-5-15(6-4-13)31-18(32)11-16-19-17(12-25)23(30-9-7-14(2)8-10-30)28-21(26)20(19)22(27)29-24(16)31/h3-6,14H,7-11H2,1-2H3,(H2,26,28)(H2,27,29). The lowest BCUT2D eigenvalue weighted by Crippen LogP contribution is -2.34. The van der Waals surface area contributed by atoms with E-state index in [4.69, 9.17) is 11.5 Å². The average Bonchev–Trinajstić information content (AvgIpc) is 3.10. The van der Waals surface area contributed by atoms with Crippen molar-refractivity contribution < 1.29 is 4.79 Å². The Morgan fingerprint density at radius 1 is 1.03 bits per heavy atom.